The van der Waals surface area contributed by atoms with Gasteiger partial charge in [-0.1, -0.05) is 12.8 Å². The Morgan fingerprint density at radius 1 is 1.21 bits per heavy atom. The van der Waals surface area contributed by atoms with E-state index in [1.807, 2.05) is 4.90 Å². The lowest BCUT2D eigenvalue weighted by atomic mass is 9.95. The number of ether oxygens (including phenoxy) is 1. The predicted molar refractivity (Wildman–Crippen MR) is 88.7 cm³/mol. The fourth-order valence-corrected chi connectivity index (χ4v) is 3.55. The fourth-order valence-electron chi connectivity index (χ4n) is 3.55. The van der Waals surface area contributed by atoms with Gasteiger partial charge in [-0.15, -0.1) is 0 Å². The second kappa shape index (κ2) is 6.76. The van der Waals surface area contributed by atoms with Gasteiger partial charge in [-0.05, 0) is 25.0 Å². The van der Waals surface area contributed by atoms with Crippen LogP contribution >= 0.6 is 0 Å². The summed E-state index contributed by atoms with van der Waals surface area (Å²) in [5.41, 5.74) is 5.64. The van der Waals surface area contributed by atoms with E-state index < -0.39 is 10.5 Å². The van der Waals surface area contributed by atoms with Crippen molar-refractivity contribution in [3.05, 3.63) is 34.4 Å². The number of amides is 1. The van der Waals surface area contributed by atoms with Crippen molar-refractivity contribution in [3.8, 4) is 5.75 Å². The molecule has 1 saturated carbocycles. The van der Waals surface area contributed by atoms with Crippen LogP contribution < -0.4 is 10.5 Å². The van der Waals surface area contributed by atoms with Crippen molar-refractivity contribution in [1.29, 1.82) is 0 Å². The van der Waals surface area contributed by atoms with E-state index in [9.17, 15) is 14.9 Å². The molecule has 2 aliphatic rings. The number of nitrogens with two attached hydrogens (primary N) is 1. The van der Waals surface area contributed by atoms with Crippen molar-refractivity contribution in [2.75, 3.05) is 13.1 Å². The third-order valence-electron chi connectivity index (χ3n) is 5.00. The number of rotatable bonds is 4. The standard InChI is InChI=1S/C17H23N3O4/c18-17(9-1-2-10-17)16(21)19-11-7-15(8-12-19)24-14-5-3-13(4-6-14)20(22)23/h3-6,15H,1-2,7-12,18H2. The van der Waals surface area contributed by atoms with Gasteiger partial charge in [0.25, 0.3) is 5.69 Å². The van der Waals surface area contributed by atoms with Gasteiger partial charge in [-0.2, -0.15) is 0 Å². The molecule has 0 unspecified atom stereocenters. The molecule has 0 aromatic heterocycles. The molecule has 24 heavy (non-hydrogen) atoms. The van der Waals surface area contributed by atoms with E-state index in [4.69, 9.17) is 10.5 Å². The molecule has 0 radical (unpaired) electrons. The number of hydrogen-bond donors (Lipinski definition) is 1. The van der Waals surface area contributed by atoms with Crippen LogP contribution in [0.15, 0.2) is 24.3 Å². The predicted octanol–water partition coefficient (Wildman–Crippen LogP) is 2.24. The minimum Gasteiger partial charge on any atom is -0.490 e. The van der Waals surface area contributed by atoms with Gasteiger partial charge in [0, 0.05) is 38.1 Å². The molecule has 0 spiro atoms. The fraction of sp³-hybridized carbons (Fsp3) is 0.588. The molecule has 7 heteroatoms. The summed E-state index contributed by atoms with van der Waals surface area (Å²) in [6, 6.07) is 6.10. The Bertz CT molecular complexity index is 603. The van der Waals surface area contributed by atoms with Crippen LogP contribution in [-0.2, 0) is 4.79 Å². The van der Waals surface area contributed by atoms with Crippen molar-refractivity contribution in [2.24, 2.45) is 5.73 Å². The van der Waals surface area contributed by atoms with Crippen LogP contribution in [0.3, 0.4) is 0 Å². The van der Waals surface area contributed by atoms with Gasteiger partial charge in [-0.25, -0.2) is 0 Å². The molecule has 1 aromatic rings. The Hall–Kier alpha value is -2.15. The highest BCUT2D eigenvalue weighted by Crippen LogP contribution is 2.30. The number of nitro benzene ring substituents is 1. The van der Waals surface area contributed by atoms with Crippen LogP contribution in [-0.4, -0.2) is 40.5 Å². The highest BCUT2D eigenvalue weighted by Gasteiger charge is 2.40. The SMILES string of the molecule is NC1(C(=O)N2CCC(Oc3ccc([N+](=O)[O-])cc3)CC2)CCCC1. The van der Waals surface area contributed by atoms with Gasteiger partial charge in [0.15, 0.2) is 0 Å². The van der Waals surface area contributed by atoms with E-state index in [-0.39, 0.29) is 17.7 Å². The highest BCUT2D eigenvalue weighted by molar-refractivity contribution is 5.86. The Kier molecular flexibility index (Phi) is 4.71. The normalized spacial score (nSPS) is 20.8. The van der Waals surface area contributed by atoms with Gasteiger partial charge in [0.05, 0.1) is 10.5 Å². The van der Waals surface area contributed by atoms with Crippen molar-refractivity contribution in [3.63, 3.8) is 0 Å². The maximum atomic E-state index is 12.6. The monoisotopic (exact) mass is 333 g/mol. The summed E-state index contributed by atoms with van der Waals surface area (Å²) in [5, 5.41) is 10.7. The lowest BCUT2D eigenvalue weighted by Gasteiger charge is -2.36. The Morgan fingerprint density at radius 3 is 2.33 bits per heavy atom. The zero-order valence-corrected chi connectivity index (χ0v) is 13.6. The summed E-state index contributed by atoms with van der Waals surface area (Å²) >= 11 is 0. The number of benzene rings is 1. The average molecular weight is 333 g/mol. The molecule has 2 N–H and O–H groups in total. The summed E-state index contributed by atoms with van der Waals surface area (Å²) in [7, 11) is 0. The summed E-state index contributed by atoms with van der Waals surface area (Å²) in [6.45, 7) is 1.30. The third-order valence-corrected chi connectivity index (χ3v) is 5.00. The Labute approximate surface area is 140 Å². The maximum Gasteiger partial charge on any atom is 0.269 e. The topological polar surface area (TPSA) is 98.7 Å². The molecule has 1 aliphatic carbocycles. The third kappa shape index (κ3) is 3.51. The zero-order chi connectivity index (χ0) is 17.2. The van der Waals surface area contributed by atoms with Crippen molar-refractivity contribution in [1.82, 2.24) is 4.90 Å². The van der Waals surface area contributed by atoms with Gasteiger partial charge in [0.1, 0.15) is 11.9 Å². The molecule has 3 rings (SSSR count). The first kappa shape index (κ1) is 16.7. The molecule has 7 nitrogen and oxygen atoms in total. The van der Waals surface area contributed by atoms with Crippen molar-refractivity contribution in [2.45, 2.75) is 50.2 Å². The number of non-ortho nitro benzene ring substituents is 1. The molecular formula is C17H23N3O4. The Morgan fingerprint density at radius 2 is 1.79 bits per heavy atom. The molecule has 0 atom stereocenters. The molecule has 2 fully saturated rings. The number of hydrogen-bond acceptors (Lipinski definition) is 5. The molecule has 0 bridgehead atoms. The number of likely N-dealkylation sites (tertiary alicyclic amines) is 1. The van der Waals surface area contributed by atoms with E-state index in [0.717, 1.165) is 38.5 Å². The number of carbonyl (C=O) groups excluding carboxylic acids is 1. The van der Waals surface area contributed by atoms with E-state index >= 15 is 0 Å². The molecule has 1 saturated heterocycles. The number of nitrogens with zero attached hydrogens (tertiary/aromatic N) is 2. The zero-order valence-electron chi connectivity index (χ0n) is 13.6. The molecular weight excluding hydrogens is 310 g/mol. The van der Waals surface area contributed by atoms with E-state index in [1.54, 1.807) is 12.1 Å². The molecule has 1 amide bonds. The van der Waals surface area contributed by atoms with Gasteiger partial charge >= 0.3 is 0 Å². The average Bonchev–Trinajstić information content (AvgIpc) is 3.03. The van der Waals surface area contributed by atoms with Gasteiger partial charge < -0.3 is 15.4 Å². The Balaban J connectivity index is 1.51. The van der Waals surface area contributed by atoms with E-state index in [1.165, 1.54) is 12.1 Å². The molecule has 1 aromatic carbocycles. The first-order valence-corrected chi connectivity index (χ1v) is 8.47. The van der Waals surface area contributed by atoms with Gasteiger partial charge in [-0.3, -0.25) is 14.9 Å². The van der Waals surface area contributed by atoms with Crippen LogP contribution in [0.5, 0.6) is 5.75 Å². The quantitative estimate of drug-likeness (QED) is 0.673. The second-order valence-electron chi connectivity index (χ2n) is 6.72. The highest BCUT2D eigenvalue weighted by atomic mass is 16.6. The van der Waals surface area contributed by atoms with Crippen LogP contribution in [0.4, 0.5) is 5.69 Å². The number of nitro groups is 1. The van der Waals surface area contributed by atoms with Crippen LogP contribution in [0.2, 0.25) is 0 Å². The number of piperidine rings is 1. The van der Waals surface area contributed by atoms with Gasteiger partial charge in [0.2, 0.25) is 5.91 Å². The summed E-state index contributed by atoms with van der Waals surface area (Å²) in [5.74, 6) is 0.699. The van der Waals surface area contributed by atoms with Crippen LogP contribution in [0.25, 0.3) is 0 Å². The molecule has 1 heterocycles. The summed E-state index contributed by atoms with van der Waals surface area (Å²) in [4.78, 5) is 24.7. The lowest BCUT2D eigenvalue weighted by Crippen LogP contribution is -2.56. The van der Waals surface area contributed by atoms with E-state index in [2.05, 4.69) is 0 Å². The maximum absolute atomic E-state index is 12.6. The minimum atomic E-state index is -0.661. The summed E-state index contributed by atoms with van der Waals surface area (Å²) < 4.78 is 5.88. The lowest BCUT2D eigenvalue weighted by molar-refractivity contribution is -0.384. The van der Waals surface area contributed by atoms with E-state index in [0.29, 0.717) is 18.8 Å². The van der Waals surface area contributed by atoms with Crippen LogP contribution in [0.1, 0.15) is 38.5 Å². The van der Waals surface area contributed by atoms with Crippen molar-refractivity contribution < 1.29 is 14.5 Å². The molecule has 130 valence electrons. The van der Waals surface area contributed by atoms with Crippen molar-refractivity contribution >= 4 is 11.6 Å². The molecule has 1 aliphatic heterocycles. The summed E-state index contributed by atoms with van der Waals surface area (Å²) in [6.07, 6.45) is 5.14. The first-order chi connectivity index (χ1) is 11.5. The smallest absolute Gasteiger partial charge is 0.269 e. The number of carbonyl (C=O) groups is 1. The first-order valence-electron chi connectivity index (χ1n) is 8.47. The second-order valence-corrected chi connectivity index (χ2v) is 6.72. The largest absolute Gasteiger partial charge is 0.490 e. The van der Waals surface area contributed by atoms with Crippen LogP contribution in [0, 0.1) is 10.1 Å². The minimum absolute atomic E-state index is 0.0211.